The van der Waals surface area contributed by atoms with Gasteiger partial charge in [-0.25, -0.2) is 0 Å². The van der Waals surface area contributed by atoms with E-state index < -0.39 is 10.8 Å². The van der Waals surface area contributed by atoms with Gasteiger partial charge >= 0.3 is 0 Å². The minimum atomic E-state index is -0.717. The van der Waals surface area contributed by atoms with Crippen LogP contribution >= 0.6 is 0 Å². The number of anilines is 1. The smallest absolute Gasteiger partial charge is 0.272 e. The zero-order chi connectivity index (χ0) is 14.1. The fraction of sp³-hybridized carbons (Fsp3) is 0.385. The lowest BCUT2D eigenvalue weighted by Gasteiger charge is -2.24. The summed E-state index contributed by atoms with van der Waals surface area (Å²) in [5.74, 6) is 1.36. The molecule has 20 heavy (non-hydrogen) atoms. The molecule has 7 heteroatoms. The Kier molecular flexibility index (Phi) is 3.43. The van der Waals surface area contributed by atoms with E-state index in [1.54, 1.807) is 18.2 Å². The molecule has 1 fully saturated rings. The average Bonchev–Trinajstić information content (AvgIpc) is 2.46. The van der Waals surface area contributed by atoms with Crippen LogP contribution in [0.15, 0.2) is 27.8 Å². The second-order valence-corrected chi connectivity index (χ2v) is 6.60. The Bertz CT molecular complexity index is 770. The Morgan fingerprint density at radius 3 is 2.55 bits per heavy atom. The van der Waals surface area contributed by atoms with Gasteiger partial charge in [0.25, 0.3) is 11.1 Å². The summed E-state index contributed by atoms with van der Waals surface area (Å²) in [6.45, 7) is 0. The molecule has 2 heterocycles. The Balaban J connectivity index is 2.00. The minimum Gasteiger partial charge on any atom is -0.382 e. The molecule has 106 valence electrons. The van der Waals surface area contributed by atoms with Crippen molar-refractivity contribution in [3.8, 4) is 0 Å². The molecular formula is C13H15N3O3S. The fourth-order valence-electron chi connectivity index (χ4n) is 2.51. The highest BCUT2D eigenvalue weighted by Crippen LogP contribution is 2.21. The van der Waals surface area contributed by atoms with Crippen LogP contribution in [0.5, 0.6) is 0 Å². The van der Waals surface area contributed by atoms with Gasteiger partial charge in [0.05, 0.1) is 10.8 Å². The SMILES string of the molecule is O=c1[nH][nH]c(=O)c2c(NC3CCS(=O)CC3)cccc12. The van der Waals surface area contributed by atoms with E-state index in [2.05, 4.69) is 15.5 Å². The zero-order valence-electron chi connectivity index (χ0n) is 10.8. The molecule has 3 N–H and O–H groups in total. The van der Waals surface area contributed by atoms with Crippen molar-refractivity contribution in [3.63, 3.8) is 0 Å². The third-order valence-electron chi connectivity index (χ3n) is 3.57. The van der Waals surface area contributed by atoms with Crippen molar-refractivity contribution in [1.29, 1.82) is 0 Å². The lowest BCUT2D eigenvalue weighted by Crippen LogP contribution is -2.30. The molecular weight excluding hydrogens is 278 g/mol. The van der Waals surface area contributed by atoms with E-state index in [0.717, 1.165) is 12.8 Å². The maximum absolute atomic E-state index is 11.9. The lowest BCUT2D eigenvalue weighted by atomic mass is 10.1. The highest BCUT2D eigenvalue weighted by Gasteiger charge is 2.19. The van der Waals surface area contributed by atoms with Gasteiger partial charge in [-0.3, -0.25) is 24.0 Å². The molecule has 1 saturated heterocycles. The van der Waals surface area contributed by atoms with Crippen LogP contribution in [-0.4, -0.2) is 32.0 Å². The largest absolute Gasteiger partial charge is 0.382 e. The van der Waals surface area contributed by atoms with Gasteiger partial charge in [0.1, 0.15) is 0 Å². The van der Waals surface area contributed by atoms with Crippen LogP contribution in [0.3, 0.4) is 0 Å². The van der Waals surface area contributed by atoms with Crippen LogP contribution in [0.1, 0.15) is 12.8 Å². The van der Waals surface area contributed by atoms with Crippen molar-refractivity contribution >= 4 is 27.3 Å². The van der Waals surface area contributed by atoms with E-state index in [0.29, 0.717) is 28.0 Å². The summed E-state index contributed by atoms with van der Waals surface area (Å²) >= 11 is 0. The molecule has 0 aliphatic carbocycles. The van der Waals surface area contributed by atoms with Gasteiger partial charge in [-0.2, -0.15) is 0 Å². The average molecular weight is 293 g/mol. The van der Waals surface area contributed by atoms with Crippen LogP contribution in [0.25, 0.3) is 10.8 Å². The molecule has 0 unspecified atom stereocenters. The molecule has 1 aromatic carbocycles. The number of aromatic amines is 2. The van der Waals surface area contributed by atoms with Gasteiger partial charge in [0, 0.05) is 34.0 Å². The number of benzene rings is 1. The zero-order valence-corrected chi connectivity index (χ0v) is 11.6. The van der Waals surface area contributed by atoms with Gasteiger partial charge in [-0.1, -0.05) is 6.07 Å². The Morgan fingerprint density at radius 1 is 1.10 bits per heavy atom. The molecule has 1 aliphatic rings. The standard InChI is InChI=1S/C13H15N3O3S/c17-12-9-2-1-3-10(11(9)13(18)16-15-12)14-8-4-6-20(19)7-5-8/h1-3,8,14H,4-7H2,(H,15,17)(H,16,18). The summed E-state index contributed by atoms with van der Waals surface area (Å²) in [6.07, 6.45) is 1.62. The Morgan fingerprint density at radius 2 is 1.80 bits per heavy atom. The molecule has 0 amide bonds. The van der Waals surface area contributed by atoms with Crippen LogP contribution in [-0.2, 0) is 10.8 Å². The highest BCUT2D eigenvalue weighted by molar-refractivity contribution is 7.85. The third kappa shape index (κ3) is 2.40. The van der Waals surface area contributed by atoms with Crippen molar-refractivity contribution in [3.05, 3.63) is 38.9 Å². The number of aromatic nitrogens is 2. The highest BCUT2D eigenvalue weighted by atomic mass is 32.2. The summed E-state index contributed by atoms with van der Waals surface area (Å²) in [6, 6.07) is 5.37. The first kappa shape index (κ1) is 13.1. The number of H-pyrrole nitrogens is 2. The van der Waals surface area contributed by atoms with Crippen molar-refractivity contribution < 1.29 is 4.21 Å². The molecule has 1 aromatic heterocycles. The van der Waals surface area contributed by atoms with Crippen LogP contribution in [0.4, 0.5) is 5.69 Å². The van der Waals surface area contributed by atoms with Crippen LogP contribution < -0.4 is 16.4 Å². The second kappa shape index (κ2) is 5.24. The first-order valence-electron chi connectivity index (χ1n) is 6.50. The van der Waals surface area contributed by atoms with Crippen molar-refractivity contribution in [2.75, 3.05) is 16.8 Å². The number of rotatable bonds is 2. The van der Waals surface area contributed by atoms with E-state index in [1.165, 1.54) is 0 Å². The van der Waals surface area contributed by atoms with Crippen LogP contribution in [0, 0.1) is 0 Å². The summed E-state index contributed by atoms with van der Waals surface area (Å²) in [5, 5.41) is 8.72. The van der Waals surface area contributed by atoms with E-state index in [1.807, 2.05) is 0 Å². The first-order valence-corrected chi connectivity index (χ1v) is 7.99. The van der Waals surface area contributed by atoms with Gasteiger partial charge in [-0.15, -0.1) is 0 Å². The summed E-state index contributed by atoms with van der Waals surface area (Å²) in [5.41, 5.74) is 0.0302. The van der Waals surface area contributed by atoms with E-state index in [9.17, 15) is 13.8 Å². The summed E-state index contributed by atoms with van der Waals surface area (Å²) < 4.78 is 11.4. The van der Waals surface area contributed by atoms with Crippen molar-refractivity contribution in [2.24, 2.45) is 0 Å². The number of hydrogen-bond acceptors (Lipinski definition) is 4. The minimum absolute atomic E-state index is 0.192. The lowest BCUT2D eigenvalue weighted by molar-refractivity contribution is 0.624. The molecule has 0 spiro atoms. The van der Waals surface area contributed by atoms with Crippen molar-refractivity contribution in [2.45, 2.75) is 18.9 Å². The fourth-order valence-corrected chi connectivity index (χ4v) is 3.81. The number of hydrogen-bond donors (Lipinski definition) is 3. The van der Waals surface area contributed by atoms with Gasteiger partial charge < -0.3 is 5.32 Å². The summed E-state index contributed by atoms with van der Waals surface area (Å²) in [4.78, 5) is 23.7. The van der Waals surface area contributed by atoms with E-state index in [-0.39, 0.29) is 17.2 Å². The first-order chi connectivity index (χ1) is 9.65. The van der Waals surface area contributed by atoms with Gasteiger partial charge in [-0.05, 0) is 25.0 Å². The molecule has 1 aliphatic heterocycles. The van der Waals surface area contributed by atoms with E-state index >= 15 is 0 Å². The Hall–Kier alpha value is -1.89. The molecule has 0 saturated carbocycles. The molecule has 3 rings (SSSR count). The van der Waals surface area contributed by atoms with Gasteiger partial charge in [0.2, 0.25) is 0 Å². The van der Waals surface area contributed by atoms with Crippen LogP contribution in [0.2, 0.25) is 0 Å². The number of nitrogens with one attached hydrogen (secondary N) is 3. The predicted molar refractivity (Wildman–Crippen MR) is 79.7 cm³/mol. The molecule has 6 nitrogen and oxygen atoms in total. The molecule has 0 radical (unpaired) electrons. The summed E-state index contributed by atoms with van der Waals surface area (Å²) in [7, 11) is -0.717. The quantitative estimate of drug-likeness (QED) is 0.753. The predicted octanol–water partition coefficient (Wildman–Crippen LogP) is 0.539. The van der Waals surface area contributed by atoms with E-state index in [4.69, 9.17) is 0 Å². The number of fused-ring (bicyclic) bond motifs is 1. The van der Waals surface area contributed by atoms with Gasteiger partial charge in [0.15, 0.2) is 0 Å². The monoisotopic (exact) mass is 293 g/mol. The molecule has 0 atom stereocenters. The topological polar surface area (TPSA) is 94.8 Å². The molecule has 2 aromatic rings. The van der Waals surface area contributed by atoms with Crippen molar-refractivity contribution in [1.82, 2.24) is 10.2 Å². The Labute approximate surface area is 117 Å². The third-order valence-corrected chi connectivity index (χ3v) is 4.96. The maximum atomic E-state index is 11.9. The normalized spacial score (nSPS) is 22.8. The second-order valence-electron chi connectivity index (χ2n) is 4.90. The molecule has 0 bridgehead atoms. The maximum Gasteiger partial charge on any atom is 0.272 e.